The molecule has 1 aromatic rings. The van der Waals surface area contributed by atoms with Gasteiger partial charge in [0, 0.05) is 0 Å². The zero-order valence-electron chi connectivity index (χ0n) is 10.3. The lowest BCUT2D eigenvalue weighted by atomic mass is 9.94. The van der Waals surface area contributed by atoms with Gasteiger partial charge in [-0.15, -0.1) is 0 Å². The maximum Gasteiger partial charge on any atom is 0.206 e. The van der Waals surface area contributed by atoms with E-state index in [4.69, 9.17) is 4.74 Å². The second-order valence-electron chi connectivity index (χ2n) is 4.21. The SMILES string of the molecule is CC(=O)C1=C(C)OC(C=O)NC1c1ccccc1. The van der Waals surface area contributed by atoms with Crippen LogP contribution in [0.25, 0.3) is 0 Å². The van der Waals surface area contributed by atoms with Gasteiger partial charge in [0.2, 0.25) is 6.23 Å². The molecule has 1 heterocycles. The largest absolute Gasteiger partial charge is 0.472 e. The topological polar surface area (TPSA) is 55.4 Å². The summed E-state index contributed by atoms with van der Waals surface area (Å²) in [7, 11) is 0. The predicted octanol–water partition coefficient (Wildman–Crippen LogP) is 1.74. The molecule has 0 aliphatic carbocycles. The molecular weight excluding hydrogens is 230 g/mol. The Labute approximate surface area is 106 Å². The van der Waals surface area contributed by atoms with E-state index in [1.807, 2.05) is 30.3 Å². The molecule has 4 nitrogen and oxygen atoms in total. The molecule has 0 radical (unpaired) electrons. The lowest BCUT2D eigenvalue weighted by molar-refractivity contribution is -0.121. The Bertz CT molecular complexity index is 493. The van der Waals surface area contributed by atoms with Crippen LogP contribution in [0.5, 0.6) is 0 Å². The molecule has 2 atom stereocenters. The molecule has 2 rings (SSSR count). The fourth-order valence-corrected chi connectivity index (χ4v) is 2.17. The van der Waals surface area contributed by atoms with Crippen LogP contribution in [-0.4, -0.2) is 18.3 Å². The molecule has 0 bridgehead atoms. The lowest BCUT2D eigenvalue weighted by Gasteiger charge is -2.31. The molecule has 0 spiro atoms. The number of hydrogen-bond donors (Lipinski definition) is 1. The number of nitrogens with one attached hydrogen (secondary N) is 1. The van der Waals surface area contributed by atoms with Crippen molar-refractivity contribution in [3.8, 4) is 0 Å². The highest BCUT2D eigenvalue weighted by Gasteiger charge is 2.31. The summed E-state index contributed by atoms with van der Waals surface area (Å²) < 4.78 is 5.34. The van der Waals surface area contributed by atoms with Gasteiger partial charge in [-0.1, -0.05) is 30.3 Å². The van der Waals surface area contributed by atoms with Gasteiger partial charge >= 0.3 is 0 Å². The highest BCUT2D eigenvalue weighted by atomic mass is 16.5. The van der Waals surface area contributed by atoms with E-state index in [0.717, 1.165) is 5.56 Å². The van der Waals surface area contributed by atoms with Crippen molar-refractivity contribution in [3.63, 3.8) is 0 Å². The van der Waals surface area contributed by atoms with Gasteiger partial charge in [0.15, 0.2) is 12.1 Å². The van der Waals surface area contributed by atoms with Crippen molar-refractivity contribution in [2.75, 3.05) is 0 Å². The van der Waals surface area contributed by atoms with E-state index < -0.39 is 6.23 Å². The van der Waals surface area contributed by atoms with E-state index in [0.29, 0.717) is 17.6 Å². The Kier molecular flexibility index (Phi) is 3.58. The van der Waals surface area contributed by atoms with E-state index in [1.54, 1.807) is 6.92 Å². The highest BCUT2D eigenvalue weighted by Crippen LogP contribution is 2.29. The molecule has 1 aliphatic heterocycles. The molecular formula is C14H15NO3. The molecule has 18 heavy (non-hydrogen) atoms. The van der Waals surface area contributed by atoms with E-state index in [-0.39, 0.29) is 11.8 Å². The van der Waals surface area contributed by atoms with Crippen LogP contribution >= 0.6 is 0 Å². The summed E-state index contributed by atoms with van der Waals surface area (Å²) in [5.74, 6) is 0.449. The second-order valence-corrected chi connectivity index (χ2v) is 4.21. The zero-order chi connectivity index (χ0) is 13.1. The number of carbonyl (C=O) groups excluding carboxylic acids is 2. The van der Waals surface area contributed by atoms with Gasteiger partial charge < -0.3 is 4.74 Å². The maximum absolute atomic E-state index is 11.7. The van der Waals surface area contributed by atoms with Crippen molar-refractivity contribution < 1.29 is 14.3 Å². The minimum atomic E-state index is -0.710. The molecule has 0 aromatic heterocycles. The van der Waals surface area contributed by atoms with Crippen molar-refractivity contribution in [2.24, 2.45) is 0 Å². The van der Waals surface area contributed by atoms with Gasteiger partial charge in [-0.2, -0.15) is 0 Å². The normalized spacial score (nSPS) is 23.4. The first-order valence-electron chi connectivity index (χ1n) is 5.78. The van der Waals surface area contributed by atoms with Crippen LogP contribution < -0.4 is 5.32 Å². The Hall–Kier alpha value is -1.94. The van der Waals surface area contributed by atoms with Gasteiger partial charge in [-0.25, -0.2) is 0 Å². The third-order valence-corrected chi connectivity index (χ3v) is 2.94. The maximum atomic E-state index is 11.7. The lowest BCUT2D eigenvalue weighted by Crippen LogP contribution is -2.42. The van der Waals surface area contributed by atoms with Crippen LogP contribution in [0, 0.1) is 0 Å². The Morgan fingerprint density at radius 2 is 2.00 bits per heavy atom. The highest BCUT2D eigenvalue weighted by molar-refractivity contribution is 5.95. The molecule has 0 amide bonds. The Morgan fingerprint density at radius 3 is 2.56 bits per heavy atom. The number of ketones is 1. The molecule has 94 valence electrons. The number of allylic oxidation sites excluding steroid dienone is 1. The monoisotopic (exact) mass is 245 g/mol. The molecule has 1 aliphatic rings. The van der Waals surface area contributed by atoms with Crippen LogP contribution in [0.1, 0.15) is 25.5 Å². The fraction of sp³-hybridized carbons (Fsp3) is 0.286. The summed E-state index contributed by atoms with van der Waals surface area (Å²) in [6.45, 7) is 3.21. The zero-order valence-corrected chi connectivity index (χ0v) is 10.3. The summed E-state index contributed by atoms with van der Waals surface area (Å²) in [6, 6.07) is 9.24. The molecule has 4 heteroatoms. The van der Waals surface area contributed by atoms with Gasteiger partial charge in [-0.05, 0) is 19.4 Å². The quantitative estimate of drug-likeness (QED) is 0.824. The first kappa shape index (κ1) is 12.5. The third-order valence-electron chi connectivity index (χ3n) is 2.94. The van der Waals surface area contributed by atoms with Crippen LogP contribution in [0.4, 0.5) is 0 Å². The fourth-order valence-electron chi connectivity index (χ4n) is 2.17. The minimum absolute atomic E-state index is 0.0572. The van der Waals surface area contributed by atoms with Crippen LogP contribution in [0.2, 0.25) is 0 Å². The van der Waals surface area contributed by atoms with Gasteiger partial charge in [0.05, 0.1) is 11.6 Å². The van der Waals surface area contributed by atoms with Crippen molar-refractivity contribution in [3.05, 3.63) is 47.2 Å². The van der Waals surface area contributed by atoms with Gasteiger partial charge in [0.1, 0.15) is 5.76 Å². The second kappa shape index (κ2) is 5.14. The van der Waals surface area contributed by atoms with Crippen molar-refractivity contribution in [2.45, 2.75) is 26.1 Å². The molecule has 0 fully saturated rings. The van der Waals surface area contributed by atoms with Crippen molar-refractivity contribution in [1.29, 1.82) is 0 Å². The average molecular weight is 245 g/mol. The number of carbonyl (C=O) groups is 2. The number of rotatable bonds is 3. The van der Waals surface area contributed by atoms with E-state index in [1.165, 1.54) is 6.92 Å². The molecule has 1 aromatic carbocycles. The molecule has 0 saturated carbocycles. The first-order valence-corrected chi connectivity index (χ1v) is 5.78. The summed E-state index contributed by atoms with van der Waals surface area (Å²) in [6.07, 6.45) is -0.0191. The molecule has 0 saturated heterocycles. The van der Waals surface area contributed by atoms with Gasteiger partial charge in [-0.3, -0.25) is 14.9 Å². The van der Waals surface area contributed by atoms with Crippen LogP contribution in [-0.2, 0) is 14.3 Å². The third kappa shape index (κ3) is 2.33. The average Bonchev–Trinajstić information content (AvgIpc) is 2.38. The van der Waals surface area contributed by atoms with E-state index in [9.17, 15) is 9.59 Å². The molecule has 1 N–H and O–H groups in total. The van der Waals surface area contributed by atoms with Crippen LogP contribution in [0.15, 0.2) is 41.7 Å². The Morgan fingerprint density at radius 1 is 1.33 bits per heavy atom. The number of hydrogen-bond acceptors (Lipinski definition) is 4. The number of benzene rings is 1. The van der Waals surface area contributed by atoms with Gasteiger partial charge in [0.25, 0.3) is 0 Å². The smallest absolute Gasteiger partial charge is 0.206 e. The van der Waals surface area contributed by atoms with E-state index in [2.05, 4.69) is 5.32 Å². The minimum Gasteiger partial charge on any atom is -0.472 e. The number of Topliss-reactive ketones (excluding diaryl/α,β-unsaturated/α-hetero) is 1. The Balaban J connectivity index is 2.45. The van der Waals surface area contributed by atoms with Crippen LogP contribution in [0.3, 0.4) is 0 Å². The summed E-state index contributed by atoms with van der Waals surface area (Å²) >= 11 is 0. The predicted molar refractivity (Wildman–Crippen MR) is 66.6 cm³/mol. The van der Waals surface area contributed by atoms with Crippen molar-refractivity contribution in [1.82, 2.24) is 5.32 Å². The van der Waals surface area contributed by atoms with E-state index >= 15 is 0 Å². The summed E-state index contributed by atoms with van der Waals surface area (Å²) in [4.78, 5) is 22.6. The number of ether oxygens (including phenoxy) is 1. The summed E-state index contributed by atoms with van der Waals surface area (Å²) in [5, 5.41) is 3.01. The summed E-state index contributed by atoms with van der Waals surface area (Å²) in [5.41, 5.74) is 1.51. The standard InChI is InChI=1S/C14H15NO3/c1-9(17)13-10(2)18-12(8-16)15-14(13)11-6-4-3-5-7-11/h3-8,12,14-15H,1-2H3. The first-order chi connectivity index (χ1) is 8.63. The molecule has 2 unspecified atom stereocenters. The van der Waals surface area contributed by atoms with Crippen molar-refractivity contribution >= 4 is 12.1 Å². The number of aldehydes is 1.